The van der Waals surface area contributed by atoms with Crippen molar-refractivity contribution >= 4 is 10.9 Å². The number of para-hydroxylation sites is 1. The normalized spacial score (nSPS) is 9.79. The van der Waals surface area contributed by atoms with Crippen molar-refractivity contribution in [2.24, 2.45) is 0 Å². The first-order valence-corrected chi connectivity index (χ1v) is 4.57. The van der Waals surface area contributed by atoms with Crippen LogP contribution in [0.2, 0.25) is 0 Å². The molecular weight excluding hydrogens is 174 g/mol. The molecule has 2 aromatic rings. The molecule has 0 atom stereocenters. The van der Waals surface area contributed by atoms with Gasteiger partial charge in [-0.05, 0) is 6.07 Å². The van der Waals surface area contributed by atoms with Crippen molar-refractivity contribution < 1.29 is 5.11 Å². The Hall–Kier alpha value is -1.72. The van der Waals surface area contributed by atoms with Crippen LogP contribution in [0.1, 0.15) is 12.0 Å². The first-order chi connectivity index (χ1) is 6.92. The highest BCUT2D eigenvalue weighted by molar-refractivity contribution is 5.85. The summed E-state index contributed by atoms with van der Waals surface area (Å²) in [6, 6.07) is 8.04. The van der Waals surface area contributed by atoms with Crippen molar-refractivity contribution in [1.82, 2.24) is 4.98 Å². The summed E-state index contributed by atoms with van der Waals surface area (Å²) in [6.45, 7) is 0.120. The Morgan fingerprint density at radius 3 is 3.00 bits per heavy atom. The summed E-state index contributed by atoms with van der Waals surface area (Å²) in [4.78, 5) is 3.15. The Morgan fingerprint density at radius 2 is 2.14 bits per heavy atom. The van der Waals surface area contributed by atoms with E-state index in [4.69, 9.17) is 5.11 Å². The Balaban J connectivity index is 2.40. The number of H-pyrrole nitrogens is 1. The molecular formula is C12H11NO. The number of aliphatic hydroxyl groups excluding tert-OH is 1. The van der Waals surface area contributed by atoms with Gasteiger partial charge in [0.2, 0.25) is 0 Å². The Kier molecular flexibility index (Phi) is 2.53. The lowest BCUT2D eigenvalue weighted by atomic mass is 10.2. The maximum atomic E-state index is 8.60. The van der Waals surface area contributed by atoms with E-state index in [0.717, 1.165) is 16.5 Å². The van der Waals surface area contributed by atoms with Gasteiger partial charge >= 0.3 is 0 Å². The minimum atomic E-state index is 0.120. The van der Waals surface area contributed by atoms with Crippen LogP contribution in [0.25, 0.3) is 10.9 Å². The SMILES string of the molecule is OCCC#Cc1c[nH]c2ccccc12. The fraction of sp³-hybridized carbons (Fsp3) is 0.167. The molecule has 0 saturated carbocycles. The first-order valence-electron chi connectivity index (χ1n) is 4.57. The maximum Gasteiger partial charge on any atom is 0.0540 e. The predicted octanol–water partition coefficient (Wildman–Crippen LogP) is 1.90. The second kappa shape index (κ2) is 3.99. The quantitative estimate of drug-likeness (QED) is 0.654. The molecule has 0 bridgehead atoms. The van der Waals surface area contributed by atoms with E-state index in [1.807, 2.05) is 30.5 Å². The van der Waals surface area contributed by atoms with Gasteiger partial charge in [-0.2, -0.15) is 0 Å². The summed E-state index contributed by atoms with van der Waals surface area (Å²) in [5.74, 6) is 5.94. The second-order valence-electron chi connectivity index (χ2n) is 3.02. The zero-order chi connectivity index (χ0) is 9.80. The standard InChI is InChI=1S/C12H11NO/c14-8-4-3-5-10-9-13-12-7-2-1-6-11(10)12/h1-2,6-7,9,13-14H,4,8H2. The number of hydrogen-bond donors (Lipinski definition) is 2. The molecule has 1 aromatic heterocycles. The number of benzene rings is 1. The third-order valence-electron chi connectivity index (χ3n) is 2.05. The van der Waals surface area contributed by atoms with Crippen LogP contribution in [-0.4, -0.2) is 16.7 Å². The van der Waals surface area contributed by atoms with Gasteiger partial charge in [-0.15, -0.1) is 0 Å². The summed E-state index contributed by atoms with van der Waals surface area (Å²) < 4.78 is 0. The molecule has 14 heavy (non-hydrogen) atoms. The molecule has 0 aliphatic rings. The monoisotopic (exact) mass is 185 g/mol. The third-order valence-corrected chi connectivity index (χ3v) is 2.05. The van der Waals surface area contributed by atoms with Crippen LogP contribution in [0.5, 0.6) is 0 Å². The van der Waals surface area contributed by atoms with Gasteiger partial charge < -0.3 is 10.1 Å². The van der Waals surface area contributed by atoms with Crippen LogP contribution >= 0.6 is 0 Å². The van der Waals surface area contributed by atoms with E-state index in [0.29, 0.717) is 6.42 Å². The summed E-state index contributed by atoms with van der Waals surface area (Å²) in [5, 5.41) is 9.73. The van der Waals surface area contributed by atoms with E-state index in [-0.39, 0.29) is 6.61 Å². The molecule has 0 spiro atoms. The van der Waals surface area contributed by atoms with Gasteiger partial charge in [0, 0.05) is 29.1 Å². The summed E-state index contributed by atoms with van der Waals surface area (Å²) in [7, 11) is 0. The van der Waals surface area contributed by atoms with Crippen molar-refractivity contribution in [3.8, 4) is 11.8 Å². The van der Waals surface area contributed by atoms with Crippen molar-refractivity contribution in [3.05, 3.63) is 36.0 Å². The lowest BCUT2D eigenvalue weighted by molar-refractivity contribution is 0.305. The van der Waals surface area contributed by atoms with Crippen LogP contribution in [0, 0.1) is 11.8 Å². The van der Waals surface area contributed by atoms with Crippen molar-refractivity contribution in [1.29, 1.82) is 0 Å². The van der Waals surface area contributed by atoms with Gasteiger partial charge in [-0.1, -0.05) is 30.0 Å². The topological polar surface area (TPSA) is 36.0 Å². The molecule has 2 nitrogen and oxygen atoms in total. The van der Waals surface area contributed by atoms with Crippen LogP contribution in [0.15, 0.2) is 30.5 Å². The van der Waals surface area contributed by atoms with E-state index < -0.39 is 0 Å². The molecule has 2 heteroatoms. The van der Waals surface area contributed by atoms with Gasteiger partial charge in [0.1, 0.15) is 0 Å². The van der Waals surface area contributed by atoms with Crippen LogP contribution in [-0.2, 0) is 0 Å². The summed E-state index contributed by atoms with van der Waals surface area (Å²) in [5.41, 5.74) is 2.09. The molecule has 1 aromatic carbocycles. The van der Waals surface area contributed by atoms with Gasteiger partial charge in [0.05, 0.1) is 6.61 Å². The highest BCUT2D eigenvalue weighted by atomic mass is 16.2. The average molecular weight is 185 g/mol. The second-order valence-corrected chi connectivity index (χ2v) is 3.02. The number of aromatic nitrogens is 1. The lowest BCUT2D eigenvalue weighted by Gasteiger charge is -1.87. The fourth-order valence-electron chi connectivity index (χ4n) is 1.39. The van der Waals surface area contributed by atoms with Crippen LogP contribution in [0.3, 0.4) is 0 Å². The zero-order valence-electron chi connectivity index (χ0n) is 7.75. The van der Waals surface area contributed by atoms with Gasteiger partial charge in [0.25, 0.3) is 0 Å². The Labute approximate surface area is 82.6 Å². The van der Waals surface area contributed by atoms with E-state index in [2.05, 4.69) is 16.8 Å². The Morgan fingerprint density at radius 1 is 1.29 bits per heavy atom. The van der Waals surface area contributed by atoms with Crippen molar-refractivity contribution in [2.45, 2.75) is 6.42 Å². The average Bonchev–Trinajstić information content (AvgIpc) is 2.63. The van der Waals surface area contributed by atoms with Crippen LogP contribution < -0.4 is 0 Å². The Bertz CT molecular complexity index is 487. The van der Waals surface area contributed by atoms with E-state index in [1.54, 1.807) is 0 Å². The molecule has 0 fully saturated rings. The largest absolute Gasteiger partial charge is 0.395 e. The summed E-state index contributed by atoms with van der Waals surface area (Å²) >= 11 is 0. The molecule has 0 amide bonds. The van der Waals surface area contributed by atoms with Gasteiger partial charge in [-0.3, -0.25) is 0 Å². The molecule has 0 aliphatic heterocycles. The molecule has 2 rings (SSSR count). The maximum absolute atomic E-state index is 8.60. The molecule has 0 radical (unpaired) electrons. The number of aromatic amines is 1. The number of hydrogen-bond acceptors (Lipinski definition) is 1. The molecule has 1 heterocycles. The molecule has 0 aliphatic carbocycles. The minimum Gasteiger partial charge on any atom is -0.395 e. The highest BCUT2D eigenvalue weighted by Gasteiger charge is 1.97. The smallest absolute Gasteiger partial charge is 0.0540 e. The van der Waals surface area contributed by atoms with Crippen molar-refractivity contribution in [2.75, 3.05) is 6.61 Å². The van der Waals surface area contributed by atoms with E-state index in [1.165, 1.54) is 0 Å². The van der Waals surface area contributed by atoms with E-state index in [9.17, 15) is 0 Å². The third kappa shape index (κ3) is 1.63. The molecule has 0 unspecified atom stereocenters. The minimum absolute atomic E-state index is 0.120. The van der Waals surface area contributed by atoms with E-state index >= 15 is 0 Å². The fourth-order valence-corrected chi connectivity index (χ4v) is 1.39. The van der Waals surface area contributed by atoms with Crippen LogP contribution in [0.4, 0.5) is 0 Å². The predicted molar refractivity (Wildman–Crippen MR) is 56.9 cm³/mol. The first kappa shape index (κ1) is 8.86. The van der Waals surface area contributed by atoms with Gasteiger partial charge in [-0.25, -0.2) is 0 Å². The highest BCUT2D eigenvalue weighted by Crippen LogP contribution is 2.16. The molecule has 2 N–H and O–H groups in total. The number of rotatable bonds is 1. The number of fused-ring (bicyclic) bond motifs is 1. The molecule has 0 saturated heterocycles. The number of aliphatic hydroxyl groups is 1. The lowest BCUT2D eigenvalue weighted by Crippen LogP contribution is -1.76. The van der Waals surface area contributed by atoms with Gasteiger partial charge in [0.15, 0.2) is 0 Å². The summed E-state index contributed by atoms with van der Waals surface area (Å²) in [6.07, 6.45) is 2.43. The molecule has 70 valence electrons. The zero-order valence-corrected chi connectivity index (χ0v) is 7.75. The van der Waals surface area contributed by atoms with Crippen molar-refractivity contribution in [3.63, 3.8) is 0 Å². The number of nitrogens with one attached hydrogen (secondary N) is 1.